The lowest BCUT2D eigenvalue weighted by Crippen LogP contribution is -2.38. The van der Waals surface area contributed by atoms with Gasteiger partial charge in [0, 0.05) is 30.2 Å². The van der Waals surface area contributed by atoms with E-state index >= 15 is 0 Å². The molecular weight excluding hydrogens is 328 g/mol. The van der Waals surface area contributed by atoms with E-state index in [1.54, 1.807) is 7.11 Å². The standard InChI is InChI=1S/C17H29BrN2O/c1-5-19-17(15-9-7-8-10-16(15)18)11-12-20(6-2)14(3)13-21-4/h7-10,14,17,19H,5-6,11-13H2,1-4H3. The predicted octanol–water partition coefficient (Wildman–Crippen LogP) is 3.85. The molecule has 0 saturated carbocycles. The van der Waals surface area contributed by atoms with E-state index in [0.717, 1.165) is 32.7 Å². The number of methoxy groups -OCH3 is 1. The van der Waals surface area contributed by atoms with Gasteiger partial charge in [-0.1, -0.05) is 48.0 Å². The third kappa shape index (κ3) is 6.07. The topological polar surface area (TPSA) is 24.5 Å². The summed E-state index contributed by atoms with van der Waals surface area (Å²) in [6.07, 6.45) is 1.10. The summed E-state index contributed by atoms with van der Waals surface area (Å²) >= 11 is 3.67. The molecule has 0 aromatic heterocycles. The number of halogens is 1. The van der Waals surface area contributed by atoms with Gasteiger partial charge < -0.3 is 10.1 Å². The van der Waals surface area contributed by atoms with Gasteiger partial charge in [-0.2, -0.15) is 0 Å². The highest BCUT2D eigenvalue weighted by Crippen LogP contribution is 2.25. The molecule has 1 aromatic rings. The van der Waals surface area contributed by atoms with Crippen LogP contribution in [-0.4, -0.2) is 44.3 Å². The molecule has 0 saturated heterocycles. The first kappa shape index (κ1) is 18.6. The Morgan fingerprint density at radius 1 is 1.29 bits per heavy atom. The fourth-order valence-electron chi connectivity index (χ4n) is 2.70. The molecule has 1 aromatic carbocycles. The first-order valence-corrected chi connectivity index (χ1v) is 8.64. The molecule has 3 nitrogen and oxygen atoms in total. The predicted molar refractivity (Wildman–Crippen MR) is 93.8 cm³/mol. The zero-order valence-corrected chi connectivity index (χ0v) is 15.3. The largest absolute Gasteiger partial charge is 0.383 e. The number of ether oxygens (including phenoxy) is 1. The van der Waals surface area contributed by atoms with E-state index in [4.69, 9.17) is 4.74 Å². The minimum absolute atomic E-state index is 0.384. The molecule has 2 unspecified atom stereocenters. The van der Waals surface area contributed by atoms with Crippen molar-refractivity contribution in [1.82, 2.24) is 10.2 Å². The maximum atomic E-state index is 5.28. The minimum atomic E-state index is 0.384. The van der Waals surface area contributed by atoms with Crippen LogP contribution in [0.5, 0.6) is 0 Å². The van der Waals surface area contributed by atoms with Crippen LogP contribution in [-0.2, 0) is 4.74 Å². The quantitative estimate of drug-likeness (QED) is 0.689. The molecule has 1 N–H and O–H groups in total. The van der Waals surface area contributed by atoms with Crippen molar-refractivity contribution < 1.29 is 4.74 Å². The number of benzene rings is 1. The molecule has 0 heterocycles. The number of nitrogens with zero attached hydrogens (tertiary/aromatic N) is 1. The Labute approximate surface area is 138 Å². The highest BCUT2D eigenvalue weighted by Gasteiger charge is 2.17. The molecule has 0 fully saturated rings. The van der Waals surface area contributed by atoms with Crippen molar-refractivity contribution in [3.05, 3.63) is 34.3 Å². The average molecular weight is 357 g/mol. The van der Waals surface area contributed by atoms with E-state index in [2.05, 4.69) is 71.2 Å². The van der Waals surface area contributed by atoms with Crippen LogP contribution in [0.3, 0.4) is 0 Å². The summed E-state index contributed by atoms with van der Waals surface area (Å²) in [6.45, 7) is 10.5. The monoisotopic (exact) mass is 356 g/mol. The van der Waals surface area contributed by atoms with Crippen molar-refractivity contribution in [3.8, 4) is 0 Å². The van der Waals surface area contributed by atoms with Gasteiger partial charge in [0.1, 0.15) is 0 Å². The molecule has 4 heteroatoms. The number of hydrogen-bond acceptors (Lipinski definition) is 3. The third-order valence-electron chi connectivity index (χ3n) is 3.87. The van der Waals surface area contributed by atoms with E-state index in [1.807, 2.05) is 0 Å². The summed E-state index contributed by atoms with van der Waals surface area (Å²) in [5.41, 5.74) is 1.34. The van der Waals surface area contributed by atoms with Crippen LogP contribution in [0.1, 0.15) is 38.8 Å². The van der Waals surface area contributed by atoms with Gasteiger partial charge in [0.25, 0.3) is 0 Å². The zero-order chi connectivity index (χ0) is 15.7. The number of rotatable bonds is 10. The second-order valence-electron chi connectivity index (χ2n) is 5.35. The lowest BCUT2D eigenvalue weighted by atomic mass is 10.0. The zero-order valence-electron chi connectivity index (χ0n) is 13.7. The van der Waals surface area contributed by atoms with Gasteiger partial charge in [0.15, 0.2) is 0 Å². The first-order valence-electron chi connectivity index (χ1n) is 7.84. The summed E-state index contributed by atoms with van der Waals surface area (Å²) in [6, 6.07) is 9.33. The summed E-state index contributed by atoms with van der Waals surface area (Å²) < 4.78 is 6.46. The highest BCUT2D eigenvalue weighted by atomic mass is 79.9. The lowest BCUT2D eigenvalue weighted by Gasteiger charge is -2.29. The Hall–Kier alpha value is -0.420. The van der Waals surface area contributed by atoms with Crippen molar-refractivity contribution in [2.45, 2.75) is 39.3 Å². The summed E-state index contributed by atoms with van der Waals surface area (Å²) in [7, 11) is 1.77. The summed E-state index contributed by atoms with van der Waals surface area (Å²) in [5.74, 6) is 0. The van der Waals surface area contributed by atoms with Crippen LogP contribution in [0.4, 0.5) is 0 Å². The van der Waals surface area contributed by atoms with Crippen molar-refractivity contribution in [2.75, 3.05) is 33.4 Å². The van der Waals surface area contributed by atoms with Gasteiger partial charge in [-0.15, -0.1) is 0 Å². The molecule has 0 radical (unpaired) electrons. The highest BCUT2D eigenvalue weighted by molar-refractivity contribution is 9.10. The van der Waals surface area contributed by atoms with Crippen molar-refractivity contribution in [2.24, 2.45) is 0 Å². The molecule has 0 spiro atoms. The van der Waals surface area contributed by atoms with Gasteiger partial charge >= 0.3 is 0 Å². The molecule has 120 valence electrons. The van der Waals surface area contributed by atoms with Gasteiger partial charge in [-0.25, -0.2) is 0 Å². The fourth-order valence-corrected chi connectivity index (χ4v) is 3.26. The SMILES string of the molecule is CCNC(CCN(CC)C(C)COC)c1ccccc1Br. The summed E-state index contributed by atoms with van der Waals surface area (Å²) in [5, 5.41) is 3.60. The number of nitrogens with one attached hydrogen (secondary N) is 1. The number of likely N-dealkylation sites (N-methyl/N-ethyl adjacent to an activating group) is 1. The lowest BCUT2D eigenvalue weighted by molar-refractivity contribution is 0.0997. The average Bonchev–Trinajstić information content (AvgIpc) is 2.48. The Morgan fingerprint density at radius 2 is 2.00 bits per heavy atom. The maximum absolute atomic E-state index is 5.28. The van der Waals surface area contributed by atoms with E-state index < -0.39 is 0 Å². The fraction of sp³-hybridized carbons (Fsp3) is 0.647. The van der Waals surface area contributed by atoms with Crippen LogP contribution < -0.4 is 5.32 Å². The Kier molecular flexibility index (Phi) is 9.16. The second-order valence-corrected chi connectivity index (χ2v) is 6.21. The van der Waals surface area contributed by atoms with Crippen LogP contribution in [0.25, 0.3) is 0 Å². The van der Waals surface area contributed by atoms with E-state index in [0.29, 0.717) is 12.1 Å². The van der Waals surface area contributed by atoms with Gasteiger partial charge in [-0.05, 0) is 38.1 Å². The molecule has 21 heavy (non-hydrogen) atoms. The van der Waals surface area contributed by atoms with Gasteiger partial charge in [0.05, 0.1) is 6.61 Å². The molecule has 0 aliphatic rings. The van der Waals surface area contributed by atoms with Crippen LogP contribution in [0.2, 0.25) is 0 Å². The molecule has 2 atom stereocenters. The molecule has 0 aliphatic carbocycles. The third-order valence-corrected chi connectivity index (χ3v) is 4.60. The molecule has 0 bridgehead atoms. The molecule has 0 aliphatic heterocycles. The molecule has 1 rings (SSSR count). The van der Waals surface area contributed by atoms with Crippen LogP contribution >= 0.6 is 15.9 Å². The van der Waals surface area contributed by atoms with E-state index in [1.165, 1.54) is 10.0 Å². The maximum Gasteiger partial charge on any atom is 0.0615 e. The smallest absolute Gasteiger partial charge is 0.0615 e. The van der Waals surface area contributed by atoms with E-state index in [-0.39, 0.29) is 0 Å². The normalized spacial score (nSPS) is 14.4. The van der Waals surface area contributed by atoms with Gasteiger partial charge in [-0.3, -0.25) is 4.90 Å². The summed E-state index contributed by atoms with van der Waals surface area (Å²) in [4.78, 5) is 2.48. The Morgan fingerprint density at radius 3 is 2.57 bits per heavy atom. The van der Waals surface area contributed by atoms with E-state index in [9.17, 15) is 0 Å². The Balaban J connectivity index is 2.68. The minimum Gasteiger partial charge on any atom is -0.383 e. The number of hydrogen-bond donors (Lipinski definition) is 1. The second kappa shape index (κ2) is 10.3. The van der Waals surface area contributed by atoms with Crippen LogP contribution in [0, 0.1) is 0 Å². The molecular formula is C17H29BrN2O. The van der Waals surface area contributed by atoms with Gasteiger partial charge in [0.2, 0.25) is 0 Å². The van der Waals surface area contributed by atoms with Crippen molar-refractivity contribution >= 4 is 15.9 Å². The Bertz CT molecular complexity index is 400. The van der Waals surface area contributed by atoms with Crippen LogP contribution in [0.15, 0.2) is 28.7 Å². The molecule has 0 amide bonds. The first-order chi connectivity index (χ1) is 10.1. The van der Waals surface area contributed by atoms with Crippen molar-refractivity contribution in [3.63, 3.8) is 0 Å². The van der Waals surface area contributed by atoms with Crippen molar-refractivity contribution in [1.29, 1.82) is 0 Å².